The number of anilines is 2. The zero-order valence-corrected chi connectivity index (χ0v) is 10.4. The van der Waals surface area contributed by atoms with Crippen LogP contribution in [0.2, 0.25) is 0 Å². The van der Waals surface area contributed by atoms with E-state index in [-0.39, 0.29) is 11.2 Å². The van der Waals surface area contributed by atoms with E-state index in [1.54, 1.807) is 0 Å². The van der Waals surface area contributed by atoms with Gasteiger partial charge in [-0.3, -0.25) is 9.69 Å². The largest absolute Gasteiger partial charge is 0.391 e. The lowest BCUT2D eigenvalue weighted by atomic mass is 9.99. The van der Waals surface area contributed by atoms with E-state index in [1.807, 2.05) is 0 Å². The molecule has 0 bridgehead atoms. The van der Waals surface area contributed by atoms with Gasteiger partial charge in [-0.2, -0.15) is 0 Å². The van der Waals surface area contributed by atoms with Crippen molar-refractivity contribution in [1.29, 1.82) is 0 Å². The fourth-order valence-electron chi connectivity index (χ4n) is 3.12. The van der Waals surface area contributed by atoms with Crippen LogP contribution >= 0.6 is 0 Å². The van der Waals surface area contributed by atoms with Crippen molar-refractivity contribution in [3.8, 4) is 0 Å². The number of nitrogens with two attached hydrogens (primary N) is 1. The molecule has 2 saturated heterocycles. The SMILES string of the molecule is Nc1c(NC2CCN3CCCCC23)nc[nH]c1=O. The van der Waals surface area contributed by atoms with Crippen LogP contribution in [0, 0.1) is 0 Å². The molecule has 3 rings (SSSR count). The third-order valence-corrected chi connectivity index (χ3v) is 4.07. The van der Waals surface area contributed by atoms with E-state index < -0.39 is 0 Å². The molecule has 6 heteroatoms. The Morgan fingerprint density at radius 2 is 2.28 bits per heavy atom. The van der Waals surface area contributed by atoms with Crippen LogP contribution in [-0.2, 0) is 0 Å². The molecule has 2 atom stereocenters. The van der Waals surface area contributed by atoms with Gasteiger partial charge in [0, 0.05) is 18.6 Å². The molecule has 0 aliphatic carbocycles. The summed E-state index contributed by atoms with van der Waals surface area (Å²) in [6.45, 7) is 2.33. The summed E-state index contributed by atoms with van der Waals surface area (Å²) in [5.41, 5.74) is 5.66. The Morgan fingerprint density at radius 1 is 1.39 bits per heavy atom. The number of rotatable bonds is 2. The van der Waals surface area contributed by atoms with E-state index in [0.29, 0.717) is 17.9 Å². The van der Waals surface area contributed by atoms with Crippen molar-refractivity contribution < 1.29 is 0 Å². The first-order chi connectivity index (χ1) is 8.75. The van der Waals surface area contributed by atoms with E-state index in [4.69, 9.17) is 5.73 Å². The average Bonchev–Trinajstić information content (AvgIpc) is 2.79. The van der Waals surface area contributed by atoms with Crippen LogP contribution in [0.5, 0.6) is 0 Å². The van der Waals surface area contributed by atoms with Crippen LogP contribution in [0.15, 0.2) is 11.1 Å². The Labute approximate surface area is 106 Å². The zero-order valence-electron chi connectivity index (χ0n) is 10.4. The average molecular weight is 249 g/mol. The first-order valence-electron chi connectivity index (χ1n) is 6.59. The van der Waals surface area contributed by atoms with Gasteiger partial charge in [-0.25, -0.2) is 4.98 Å². The van der Waals surface area contributed by atoms with Crippen molar-refractivity contribution in [1.82, 2.24) is 14.9 Å². The number of piperidine rings is 1. The lowest BCUT2D eigenvalue weighted by molar-refractivity contribution is 0.192. The molecule has 0 radical (unpaired) electrons. The number of hydrogen-bond donors (Lipinski definition) is 3. The molecular weight excluding hydrogens is 230 g/mol. The highest BCUT2D eigenvalue weighted by molar-refractivity contribution is 5.59. The Hall–Kier alpha value is -1.56. The van der Waals surface area contributed by atoms with Gasteiger partial charge in [-0.05, 0) is 25.8 Å². The van der Waals surface area contributed by atoms with Gasteiger partial charge >= 0.3 is 0 Å². The van der Waals surface area contributed by atoms with Crippen LogP contribution in [0.4, 0.5) is 11.5 Å². The van der Waals surface area contributed by atoms with Crippen LogP contribution in [0.25, 0.3) is 0 Å². The Kier molecular flexibility index (Phi) is 2.95. The van der Waals surface area contributed by atoms with Crippen molar-refractivity contribution in [2.75, 3.05) is 24.1 Å². The fraction of sp³-hybridized carbons (Fsp3) is 0.667. The molecule has 0 aromatic carbocycles. The third kappa shape index (κ3) is 1.96. The molecule has 18 heavy (non-hydrogen) atoms. The second kappa shape index (κ2) is 4.61. The topological polar surface area (TPSA) is 87.0 Å². The Morgan fingerprint density at radius 3 is 3.17 bits per heavy atom. The summed E-state index contributed by atoms with van der Waals surface area (Å²) in [6, 6.07) is 0.932. The number of H-pyrrole nitrogens is 1. The maximum atomic E-state index is 11.4. The van der Waals surface area contributed by atoms with Crippen molar-refractivity contribution in [2.24, 2.45) is 0 Å². The van der Waals surface area contributed by atoms with Gasteiger partial charge in [0.15, 0.2) is 5.82 Å². The smallest absolute Gasteiger partial charge is 0.276 e. The molecule has 0 spiro atoms. The first kappa shape index (κ1) is 11.5. The normalized spacial score (nSPS) is 28.0. The second-order valence-corrected chi connectivity index (χ2v) is 5.13. The maximum Gasteiger partial charge on any atom is 0.276 e. The van der Waals surface area contributed by atoms with E-state index in [0.717, 1.165) is 13.0 Å². The number of hydrogen-bond acceptors (Lipinski definition) is 5. The summed E-state index contributed by atoms with van der Waals surface area (Å²) in [6.07, 6.45) is 6.31. The number of nitrogen functional groups attached to an aromatic ring is 1. The lowest BCUT2D eigenvalue weighted by Crippen LogP contribution is -2.42. The predicted molar refractivity (Wildman–Crippen MR) is 70.5 cm³/mol. The summed E-state index contributed by atoms with van der Waals surface area (Å²) in [4.78, 5) is 20.6. The van der Waals surface area contributed by atoms with Crippen molar-refractivity contribution in [3.63, 3.8) is 0 Å². The minimum Gasteiger partial charge on any atom is -0.391 e. The number of aromatic nitrogens is 2. The van der Waals surface area contributed by atoms with Crippen molar-refractivity contribution >= 4 is 11.5 Å². The van der Waals surface area contributed by atoms with Crippen LogP contribution in [-0.4, -0.2) is 40.0 Å². The molecule has 2 fully saturated rings. The monoisotopic (exact) mass is 249 g/mol. The quantitative estimate of drug-likeness (QED) is 0.706. The highest BCUT2D eigenvalue weighted by atomic mass is 16.1. The molecule has 2 aliphatic heterocycles. The number of fused-ring (bicyclic) bond motifs is 1. The number of nitrogens with one attached hydrogen (secondary N) is 2. The zero-order chi connectivity index (χ0) is 12.5. The molecule has 98 valence electrons. The molecule has 1 aromatic heterocycles. The molecule has 0 saturated carbocycles. The van der Waals surface area contributed by atoms with Gasteiger partial charge in [0.25, 0.3) is 5.56 Å². The molecule has 0 amide bonds. The fourth-order valence-corrected chi connectivity index (χ4v) is 3.12. The standard InChI is InChI=1S/C12H19N5O/c13-10-11(14-7-15-12(10)18)16-8-4-6-17-5-2-1-3-9(8)17/h7-9H,1-6,13H2,(H2,14,15,16,18). The molecule has 4 N–H and O–H groups in total. The molecule has 6 nitrogen and oxygen atoms in total. The third-order valence-electron chi connectivity index (χ3n) is 4.07. The van der Waals surface area contributed by atoms with Gasteiger partial charge in [-0.15, -0.1) is 0 Å². The predicted octanol–water partition coefficient (Wildman–Crippen LogP) is 0.391. The second-order valence-electron chi connectivity index (χ2n) is 5.13. The number of nitrogens with zero attached hydrogens (tertiary/aromatic N) is 2. The van der Waals surface area contributed by atoms with E-state index >= 15 is 0 Å². The van der Waals surface area contributed by atoms with Crippen molar-refractivity contribution in [2.45, 2.75) is 37.8 Å². The lowest BCUT2D eigenvalue weighted by Gasteiger charge is -2.32. The summed E-state index contributed by atoms with van der Waals surface area (Å²) < 4.78 is 0. The minimum atomic E-state index is -0.272. The summed E-state index contributed by atoms with van der Waals surface area (Å²) in [7, 11) is 0. The van der Waals surface area contributed by atoms with Crippen LogP contribution in [0.3, 0.4) is 0 Å². The molecule has 2 aliphatic rings. The molecule has 3 heterocycles. The van der Waals surface area contributed by atoms with E-state index in [1.165, 1.54) is 32.1 Å². The molecular formula is C12H19N5O. The molecule has 2 unspecified atom stereocenters. The Bertz CT molecular complexity index is 486. The molecule has 1 aromatic rings. The van der Waals surface area contributed by atoms with Gasteiger partial charge in [-0.1, -0.05) is 6.42 Å². The minimum absolute atomic E-state index is 0.187. The number of aromatic amines is 1. The first-order valence-corrected chi connectivity index (χ1v) is 6.59. The van der Waals surface area contributed by atoms with Crippen molar-refractivity contribution in [3.05, 3.63) is 16.7 Å². The maximum absolute atomic E-state index is 11.4. The van der Waals surface area contributed by atoms with E-state index in [9.17, 15) is 4.79 Å². The van der Waals surface area contributed by atoms with Gasteiger partial charge in [0.2, 0.25) is 0 Å². The van der Waals surface area contributed by atoms with Gasteiger partial charge in [0.1, 0.15) is 5.69 Å². The van der Waals surface area contributed by atoms with Gasteiger partial charge in [0.05, 0.1) is 6.33 Å². The summed E-state index contributed by atoms with van der Waals surface area (Å²) >= 11 is 0. The van der Waals surface area contributed by atoms with Crippen LogP contribution in [0.1, 0.15) is 25.7 Å². The van der Waals surface area contributed by atoms with E-state index in [2.05, 4.69) is 20.2 Å². The highest BCUT2D eigenvalue weighted by Crippen LogP contribution is 2.29. The summed E-state index contributed by atoms with van der Waals surface area (Å²) in [5.74, 6) is 0.524. The highest BCUT2D eigenvalue weighted by Gasteiger charge is 2.35. The van der Waals surface area contributed by atoms with Gasteiger partial charge < -0.3 is 16.0 Å². The summed E-state index contributed by atoms with van der Waals surface area (Å²) in [5, 5.41) is 3.35. The Balaban J connectivity index is 1.76. The van der Waals surface area contributed by atoms with Crippen LogP contribution < -0.4 is 16.6 Å².